The van der Waals surface area contributed by atoms with Gasteiger partial charge in [0.2, 0.25) is 0 Å². The third-order valence-corrected chi connectivity index (χ3v) is 3.85. The number of hydrogen-bond acceptors (Lipinski definition) is 4. The molecule has 5 nitrogen and oxygen atoms in total. The molecule has 2 amide bonds. The van der Waals surface area contributed by atoms with Crippen LogP contribution in [0.25, 0.3) is 6.08 Å². The number of ketones is 1. The number of ether oxygens (including phenoxy) is 1. The first-order valence-corrected chi connectivity index (χ1v) is 8.20. The number of carbonyl (C=O) groups excluding carboxylic acids is 3. The average molecular weight is 347 g/mol. The lowest BCUT2D eigenvalue weighted by molar-refractivity contribution is -0.119. The maximum Gasteiger partial charge on any atom is 0.258 e. The van der Waals surface area contributed by atoms with E-state index in [-0.39, 0.29) is 17.6 Å². The van der Waals surface area contributed by atoms with Gasteiger partial charge in [0, 0.05) is 23.3 Å². The highest BCUT2D eigenvalue weighted by Crippen LogP contribution is 2.21. The number of carbonyl (C=O) groups is 3. The molecule has 26 heavy (non-hydrogen) atoms. The zero-order valence-electron chi connectivity index (χ0n) is 14.2. The van der Waals surface area contributed by atoms with Gasteiger partial charge in [-0.15, -0.1) is 0 Å². The lowest BCUT2D eigenvalue weighted by atomic mass is 10.1. The number of rotatable bonds is 6. The van der Waals surface area contributed by atoms with E-state index in [1.54, 1.807) is 30.3 Å². The summed E-state index contributed by atoms with van der Waals surface area (Å²) in [6.45, 7) is 2.45. The highest BCUT2D eigenvalue weighted by molar-refractivity contribution is 6.28. The molecule has 0 N–H and O–H groups in total. The molecule has 0 saturated heterocycles. The summed E-state index contributed by atoms with van der Waals surface area (Å²) in [6.07, 6.45) is 5.62. The van der Waals surface area contributed by atoms with E-state index in [9.17, 15) is 14.4 Å². The molecule has 5 heteroatoms. The van der Waals surface area contributed by atoms with Crippen LogP contribution in [0, 0.1) is 0 Å². The van der Waals surface area contributed by atoms with Crippen molar-refractivity contribution in [3.05, 3.63) is 77.9 Å². The number of amides is 2. The maximum atomic E-state index is 12.4. The second kappa shape index (κ2) is 7.61. The van der Waals surface area contributed by atoms with Gasteiger partial charge in [-0.25, -0.2) is 4.90 Å². The quantitative estimate of drug-likeness (QED) is 0.456. The van der Waals surface area contributed by atoms with Crippen molar-refractivity contribution in [2.75, 3.05) is 11.5 Å². The highest BCUT2D eigenvalue weighted by Gasteiger charge is 2.24. The van der Waals surface area contributed by atoms with Gasteiger partial charge < -0.3 is 4.74 Å². The van der Waals surface area contributed by atoms with Crippen molar-refractivity contribution >= 4 is 29.4 Å². The molecule has 0 unspecified atom stereocenters. The highest BCUT2D eigenvalue weighted by atomic mass is 16.5. The number of allylic oxidation sites excluding steroid dienone is 1. The summed E-state index contributed by atoms with van der Waals surface area (Å²) in [5, 5.41) is 0. The second-order valence-electron chi connectivity index (χ2n) is 5.56. The monoisotopic (exact) mass is 347 g/mol. The van der Waals surface area contributed by atoms with Crippen LogP contribution >= 0.6 is 0 Å². The smallest absolute Gasteiger partial charge is 0.258 e. The molecule has 0 fully saturated rings. The normalized spacial score (nSPS) is 13.7. The van der Waals surface area contributed by atoms with Gasteiger partial charge >= 0.3 is 0 Å². The fourth-order valence-corrected chi connectivity index (χ4v) is 2.60. The van der Waals surface area contributed by atoms with Crippen molar-refractivity contribution < 1.29 is 19.1 Å². The van der Waals surface area contributed by atoms with Crippen LogP contribution in [0.1, 0.15) is 22.8 Å². The van der Waals surface area contributed by atoms with E-state index in [0.717, 1.165) is 10.5 Å². The summed E-state index contributed by atoms with van der Waals surface area (Å²) in [6, 6.07) is 13.8. The number of hydrogen-bond donors (Lipinski definition) is 0. The van der Waals surface area contributed by atoms with Crippen molar-refractivity contribution in [2.24, 2.45) is 0 Å². The molecule has 2 aromatic rings. The van der Waals surface area contributed by atoms with Crippen LogP contribution in [0.5, 0.6) is 5.75 Å². The molecule has 0 atom stereocenters. The van der Waals surface area contributed by atoms with Gasteiger partial charge in [-0.3, -0.25) is 14.4 Å². The van der Waals surface area contributed by atoms with Crippen molar-refractivity contribution in [1.29, 1.82) is 0 Å². The minimum atomic E-state index is -0.387. The summed E-state index contributed by atoms with van der Waals surface area (Å²) < 4.78 is 5.53. The van der Waals surface area contributed by atoms with Gasteiger partial charge in [-0.05, 0) is 49.4 Å². The third-order valence-electron chi connectivity index (χ3n) is 3.85. The predicted octanol–water partition coefficient (Wildman–Crippen LogP) is 3.41. The summed E-state index contributed by atoms with van der Waals surface area (Å²) in [5.74, 6) is -0.240. The van der Waals surface area contributed by atoms with Crippen LogP contribution < -0.4 is 9.64 Å². The Morgan fingerprint density at radius 3 is 2.31 bits per heavy atom. The van der Waals surface area contributed by atoms with E-state index in [2.05, 4.69) is 0 Å². The molecule has 0 bridgehead atoms. The van der Waals surface area contributed by atoms with Crippen LogP contribution in [-0.4, -0.2) is 24.2 Å². The molecule has 0 aromatic heterocycles. The largest absolute Gasteiger partial charge is 0.493 e. The number of nitrogens with zero attached hydrogens (tertiary/aromatic N) is 1. The summed E-state index contributed by atoms with van der Waals surface area (Å²) >= 11 is 0. The maximum absolute atomic E-state index is 12.4. The molecular formula is C21H17NO4. The van der Waals surface area contributed by atoms with Crippen LogP contribution in [0.15, 0.2) is 66.8 Å². The Kier molecular flexibility index (Phi) is 5.08. The minimum Gasteiger partial charge on any atom is -0.493 e. The zero-order chi connectivity index (χ0) is 18.5. The molecule has 3 rings (SSSR count). The standard InChI is InChI=1S/C21H17NO4/c1-2-26-19-6-4-3-5-16(19)9-12-18(23)15-7-10-17(11-8-15)22-20(24)13-14-21(22)25/h3-14H,2H2,1H3. The van der Waals surface area contributed by atoms with Crippen LogP contribution in [-0.2, 0) is 9.59 Å². The van der Waals surface area contributed by atoms with Crippen LogP contribution in [0.2, 0.25) is 0 Å². The minimum absolute atomic E-state index is 0.181. The van der Waals surface area contributed by atoms with Gasteiger partial charge in [0.25, 0.3) is 11.8 Å². The number of para-hydroxylation sites is 1. The first-order valence-electron chi connectivity index (χ1n) is 8.20. The SMILES string of the molecule is CCOc1ccccc1C=CC(=O)c1ccc(N2C(=O)C=CC2=O)cc1. The van der Waals surface area contributed by atoms with Gasteiger partial charge in [-0.2, -0.15) is 0 Å². The van der Waals surface area contributed by atoms with E-state index in [4.69, 9.17) is 4.74 Å². The van der Waals surface area contributed by atoms with E-state index in [1.165, 1.54) is 18.2 Å². The summed E-state index contributed by atoms with van der Waals surface area (Å²) in [5.41, 5.74) is 1.72. The van der Waals surface area contributed by atoms with Crippen LogP contribution in [0.3, 0.4) is 0 Å². The van der Waals surface area contributed by atoms with Gasteiger partial charge in [0.15, 0.2) is 5.78 Å². The fraction of sp³-hybridized carbons (Fsp3) is 0.0952. The number of imide groups is 1. The van der Waals surface area contributed by atoms with E-state index in [1.807, 2.05) is 31.2 Å². The molecule has 1 heterocycles. The summed E-state index contributed by atoms with van der Waals surface area (Å²) in [7, 11) is 0. The molecule has 130 valence electrons. The van der Waals surface area contributed by atoms with E-state index >= 15 is 0 Å². The lowest BCUT2D eigenvalue weighted by Gasteiger charge is -2.13. The molecule has 0 spiro atoms. The van der Waals surface area contributed by atoms with Crippen molar-refractivity contribution in [3.8, 4) is 5.75 Å². The first-order chi connectivity index (χ1) is 12.6. The molecule has 2 aromatic carbocycles. The fourth-order valence-electron chi connectivity index (χ4n) is 2.60. The molecule has 0 aliphatic carbocycles. The second-order valence-corrected chi connectivity index (χ2v) is 5.56. The van der Waals surface area contributed by atoms with Gasteiger partial charge in [0.05, 0.1) is 12.3 Å². The summed E-state index contributed by atoms with van der Waals surface area (Å²) in [4.78, 5) is 36.8. The van der Waals surface area contributed by atoms with Crippen molar-refractivity contribution in [1.82, 2.24) is 0 Å². The Hall–Kier alpha value is -3.47. The molecule has 0 radical (unpaired) electrons. The molecule has 1 aliphatic heterocycles. The Morgan fingerprint density at radius 1 is 1.00 bits per heavy atom. The van der Waals surface area contributed by atoms with Crippen LogP contribution in [0.4, 0.5) is 5.69 Å². The number of anilines is 1. The van der Waals surface area contributed by atoms with Crippen molar-refractivity contribution in [3.63, 3.8) is 0 Å². The van der Waals surface area contributed by atoms with Gasteiger partial charge in [0.1, 0.15) is 5.75 Å². The molecule has 1 aliphatic rings. The lowest BCUT2D eigenvalue weighted by Crippen LogP contribution is -2.29. The first kappa shape index (κ1) is 17.4. The Morgan fingerprint density at radius 2 is 1.65 bits per heavy atom. The van der Waals surface area contributed by atoms with E-state index < -0.39 is 0 Å². The van der Waals surface area contributed by atoms with Gasteiger partial charge in [-0.1, -0.05) is 18.2 Å². The predicted molar refractivity (Wildman–Crippen MR) is 99.1 cm³/mol. The molecule has 0 saturated carbocycles. The zero-order valence-corrected chi connectivity index (χ0v) is 14.2. The number of benzene rings is 2. The van der Waals surface area contributed by atoms with E-state index in [0.29, 0.717) is 23.6 Å². The Labute approximate surface area is 151 Å². The molecular weight excluding hydrogens is 330 g/mol. The Balaban J connectivity index is 1.75. The topological polar surface area (TPSA) is 63.7 Å². The average Bonchev–Trinajstić information content (AvgIpc) is 2.99. The Bertz CT molecular complexity index is 892. The van der Waals surface area contributed by atoms with Crippen molar-refractivity contribution in [2.45, 2.75) is 6.92 Å². The third kappa shape index (κ3) is 3.62.